The molecule has 0 bridgehead atoms. The van der Waals surface area contributed by atoms with E-state index in [-0.39, 0.29) is 17.9 Å². The van der Waals surface area contributed by atoms with Crippen molar-refractivity contribution in [2.45, 2.75) is 32.4 Å². The normalized spacial score (nSPS) is 14.8. The predicted octanol–water partition coefficient (Wildman–Crippen LogP) is 4.38. The average molecular weight is 488 g/mol. The third kappa shape index (κ3) is 4.99. The summed E-state index contributed by atoms with van der Waals surface area (Å²) in [5, 5.41) is 5.09. The number of aryl methyl sites for hydroxylation is 1. The minimum Gasteiger partial charge on any atom is -0.349 e. The number of likely N-dealkylation sites (tertiary alicyclic amines) is 1. The van der Waals surface area contributed by atoms with Crippen LogP contribution in [0.25, 0.3) is 5.65 Å². The smallest absolute Gasteiger partial charge is 0.269 e. The number of aromatic nitrogens is 2. The van der Waals surface area contributed by atoms with Gasteiger partial charge in [-0.05, 0) is 48.9 Å². The number of amides is 2. The van der Waals surface area contributed by atoms with Gasteiger partial charge in [-0.2, -0.15) is 0 Å². The van der Waals surface area contributed by atoms with Gasteiger partial charge in [0.25, 0.3) is 11.8 Å². The van der Waals surface area contributed by atoms with Crippen molar-refractivity contribution in [2.75, 3.05) is 25.0 Å². The highest BCUT2D eigenvalue weighted by Crippen LogP contribution is 2.24. The largest absolute Gasteiger partial charge is 0.349 e. The van der Waals surface area contributed by atoms with Gasteiger partial charge in [-0.25, -0.2) is 4.98 Å². The van der Waals surface area contributed by atoms with E-state index in [0.29, 0.717) is 21.9 Å². The van der Waals surface area contributed by atoms with Crippen LogP contribution >= 0.6 is 11.3 Å². The second-order valence-corrected chi connectivity index (χ2v) is 9.97. The second-order valence-electron chi connectivity index (χ2n) is 9.02. The molecular weight excluding hydrogens is 458 g/mol. The lowest BCUT2D eigenvalue weighted by Gasteiger charge is -2.32. The first-order valence-corrected chi connectivity index (χ1v) is 12.7. The molecule has 1 aliphatic heterocycles. The van der Waals surface area contributed by atoms with E-state index in [1.807, 2.05) is 41.0 Å². The summed E-state index contributed by atoms with van der Waals surface area (Å²) < 4.78 is 1.83. The Labute approximate surface area is 209 Å². The Hall–Kier alpha value is -3.49. The van der Waals surface area contributed by atoms with E-state index < -0.39 is 0 Å². The maximum atomic E-state index is 13.1. The lowest BCUT2D eigenvalue weighted by atomic mass is 10.0. The molecule has 1 aromatic carbocycles. The Balaban J connectivity index is 1.26. The first kappa shape index (κ1) is 23.3. The van der Waals surface area contributed by atoms with E-state index in [2.05, 4.69) is 39.5 Å². The number of pyridine rings is 1. The van der Waals surface area contributed by atoms with Crippen molar-refractivity contribution in [3.63, 3.8) is 0 Å². The van der Waals surface area contributed by atoms with Gasteiger partial charge in [0.1, 0.15) is 11.5 Å². The molecule has 1 fully saturated rings. The van der Waals surface area contributed by atoms with E-state index in [4.69, 9.17) is 0 Å². The number of imidazole rings is 1. The molecule has 0 unspecified atom stereocenters. The minimum absolute atomic E-state index is 0.0954. The van der Waals surface area contributed by atoms with Crippen LogP contribution in [-0.4, -0.2) is 52.3 Å². The number of nitrogens with zero attached hydrogens (tertiary/aromatic N) is 4. The number of anilines is 1. The van der Waals surface area contributed by atoms with Gasteiger partial charge in [-0.1, -0.05) is 36.4 Å². The minimum atomic E-state index is -0.0991. The summed E-state index contributed by atoms with van der Waals surface area (Å²) in [4.78, 5) is 35.3. The first-order valence-electron chi connectivity index (χ1n) is 11.9. The van der Waals surface area contributed by atoms with Gasteiger partial charge >= 0.3 is 0 Å². The maximum Gasteiger partial charge on any atom is 0.269 e. The number of rotatable bonds is 6. The zero-order valence-electron chi connectivity index (χ0n) is 20.0. The Morgan fingerprint density at radius 1 is 1.09 bits per heavy atom. The molecule has 0 spiro atoms. The lowest BCUT2D eigenvalue weighted by molar-refractivity contribution is 0.0908. The summed E-state index contributed by atoms with van der Waals surface area (Å²) in [7, 11) is 1.74. The fourth-order valence-electron chi connectivity index (χ4n) is 4.70. The maximum absolute atomic E-state index is 13.1. The van der Waals surface area contributed by atoms with Crippen LogP contribution in [0.4, 0.5) is 5.82 Å². The summed E-state index contributed by atoms with van der Waals surface area (Å²) in [6, 6.07) is 17.9. The van der Waals surface area contributed by atoms with Crippen LogP contribution in [0.15, 0.2) is 66.2 Å². The van der Waals surface area contributed by atoms with Gasteiger partial charge in [0.2, 0.25) is 0 Å². The quantitative estimate of drug-likeness (QED) is 0.438. The second kappa shape index (κ2) is 10.0. The van der Waals surface area contributed by atoms with Crippen molar-refractivity contribution in [1.29, 1.82) is 0 Å². The molecule has 4 heterocycles. The van der Waals surface area contributed by atoms with Crippen LogP contribution in [0.3, 0.4) is 0 Å². The van der Waals surface area contributed by atoms with E-state index in [9.17, 15) is 9.59 Å². The van der Waals surface area contributed by atoms with E-state index in [1.54, 1.807) is 24.2 Å². The summed E-state index contributed by atoms with van der Waals surface area (Å²) in [6.45, 7) is 4.74. The highest BCUT2D eigenvalue weighted by atomic mass is 32.1. The molecule has 1 saturated heterocycles. The number of hydrogen-bond donors (Lipinski definition) is 1. The van der Waals surface area contributed by atoms with Crippen molar-refractivity contribution in [1.82, 2.24) is 19.6 Å². The van der Waals surface area contributed by atoms with Gasteiger partial charge in [0.15, 0.2) is 0 Å². The molecule has 8 heteroatoms. The molecule has 35 heavy (non-hydrogen) atoms. The van der Waals surface area contributed by atoms with Crippen molar-refractivity contribution in [2.24, 2.45) is 0 Å². The molecule has 2 amide bonds. The number of piperidine rings is 1. The molecule has 0 saturated carbocycles. The molecule has 7 nitrogen and oxygen atoms in total. The Bertz CT molecular complexity index is 1320. The van der Waals surface area contributed by atoms with Crippen LogP contribution in [0, 0.1) is 6.92 Å². The Kier molecular flexibility index (Phi) is 6.66. The van der Waals surface area contributed by atoms with Crippen LogP contribution in [0.5, 0.6) is 0 Å². The van der Waals surface area contributed by atoms with Gasteiger partial charge in [0.05, 0.1) is 16.1 Å². The fourth-order valence-corrected chi connectivity index (χ4v) is 5.39. The highest BCUT2D eigenvalue weighted by molar-refractivity contribution is 7.12. The molecule has 0 atom stereocenters. The van der Waals surface area contributed by atoms with Gasteiger partial charge < -0.3 is 5.32 Å². The molecule has 0 radical (unpaired) electrons. The average Bonchev–Trinajstić information content (AvgIpc) is 3.52. The molecule has 1 N–H and O–H groups in total. The summed E-state index contributed by atoms with van der Waals surface area (Å²) >= 11 is 1.41. The zero-order valence-corrected chi connectivity index (χ0v) is 20.8. The third-order valence-electron chi connectivity index (χ3n) is 6.55. The van der Waals surface area contributed by atoms with Crippen molar-refractivity contribution in [3.8, 4) is 0 Å². The molecule has 3 aromatic heterocycles. The third-order valence-corrected chi connectivity index (χ3v) is 7.41. The molecular formula is C27H29N5O2S. The van der Waals surface area contributed by atoms with Gasteiger partial charge in [0, 0.05) is 38.9 Å². The number of carbonyl (C=O) groups excluding carboxylic acids is 2. The van der Waals surface area contributed by atoms with Gasteiger partial charge in [-0.15, -0.1) is 11.3 Å². The number of thiophene rings is 1. The SMILES string of the molecule is Cc1nc2ccc(C(=O)NC3CCN(Cc4ccccc4)CC3)cn2c1N(C)C(=O)c1cccs1. The summed E-state index contributed by atoms with van der Waals surface area (Å²) in [6.07, 6.45) is 3.63. The van der Waals surface area contributed by atoms with E-state index >= 15 is 0 Å². The highest BCUT2D eigenvalue weighted by Gasteiger charge is 2.24. The number of nitrogens with one attached hydrogen (secondary N) is 1. The standard InChI is InChI=1S/C27H29N5O2S/c1-19-26(30(2)27(34)23-9-6-16-35-23)32-18-21(10-11-24(32)28-19)25(33)29-22-12-14-31(15-13-22)17-20-7-4-3-5-8-20/h3-11,16,18,22H,12-15,17H2,1-2H3,(H,29,33). The Morgan fingerprint density at radius 2 is 1.86 bits per heavy atom. The van der Waals surface area contributed by atoms with Crippen molar-refractivity contribution < 1.29 is 9.59 Å². The van der Waals surface area contributed by atoms with Crippen LogP contribution in [0.1, 0.15) is 44.1 Å². The number of hydrogen-bond acceptors (Lipinski definition) is 5. The molecule has 5 rings (SSSR count). The van der Waals surface area contributed by atoms with E-state index in [0.717, 1.165) is 38.2 Å². The monoisotopic (exact) mass is 487 g/mol. The molecule has 180 valence electrons. The van der Waals surface area contributed by atoms with Crippen molar-refractivity contribution >= 4 is 34.6 Å². The number of benzene rings is 1. The van der Waals surface area contributed by atoms with Gasteiger partial charge in [-0.3, -0.25) is 23.8 Å². The Morgan fingerprint density at radius 3 is 2.57 bits per heavy atom. The zero-order chi connectivity index (χ0) is 24.4. The first-order chi connectivity index (χ1) is 17.0. The van der Waals surface area contributed by atoms with Crippen LogP contribution < -0.4 is 10.2 Å². The van der Waals surface area contributed by atoms with Crippen LogP contribution in [-0.2, 0) is 6.54 Å². The fraction of sp³-hybridized carbons (Fsp3) is 0.296. The predicted molar refractivity (Wildman–Crippen MR) is 139 cm³/mol. The van der Waals surface area contributed by atoms with Crippen molar-refractivity contribution in [3.05, 3.63) is 87.9 Å². The number of fused-ring (bicyclic) bond motifs is 1. The molecule has 4 aromatic rings. The number of carbonyl (C=O) groups is 2. The molecule has 0 aliphatic carbocycles. The van der Waals surface area contributed by atoms with E-state index in [1.165, 1.54) is 16.9 Å². The molecule has 1 aliphatic rings. The topological polar surface area (TPSA) is 70.0 Å². The van der Waals surface area contributed by atoms with Crippen LogP contribution in [0.2, 0.25) is 0 Å². The lowest BCUT2D eigenvalue weighted by Crippen LogP contribution is -2.44. The summed E-state index contributed by atoms with van der Waals surface area (Å²) in [5.74, 6) is 0.474. The summed E-state index contributed by atoms with van der Waals surface area (Å²) in [5.41, 5.74) is 3.31.